The number of benzene rings is 2. The highest BCUT2D eigenvalue weighted by molar-refractivity contribution is 6.05. The molecule has 0 saturated carbocycles. The quantitative estimate of drug-likeness (QED) is 0.761. The summed E-state index contributed by atoms with van der Waals surface area (Å²) in [5, 5.41) is 2.94. The number of H-pyrrole nitrogens is 1. The highest BCUT2D eigenvalue weighted by atomic mass is 16.1. The Balaban J connectivity index is 1.89. The molecule has 0 unspecified atom stereocenters. The van der Waals surface area contributed by atoms with Gasteiger partial charge in [0.15, 0.2) is 0 Å². The van der Waals surface area contributed by atoms with Gasteiger partial charge in [0.2, 0.25) is 0 Å². The Hall–Kier alpha value is -2.66. The first-order chi connectivity index (χ1) is 11.1. The molecule has 1 heterocycles. The van der Waals surface area contributed by atoms with Crippen molar-refractivity contribution in [3.63, 3.8) is 0 Å². The lowest BCUT2D eigenvalue weighted by molar-refractivity contribution is 0.0952. The fraction of sp³-hybridized carbons (Fsp3) is 0.222. The average Bonchev–Trinajstić information content (AvgIpc) is 2.99. The topological polar surface area (TPSA) is 61.0 Å². The van der Waals surface area contributed by atoms with Crippen molar-refractivity contribution in [3.05, 3.63) is 54.1 Å². The van der Waals surface area contributed by atoms with Crippen molar-refractivity contribution in [1.29, 1.82) is 0 Å². The Bertz CT molecular complexity index is 808. The Morgan fingerprint density at radius 2 is 1.91 bits per heavy atom. The maximum absolute atomic E-state index is 12.4. The van der Waals surface area contributed by atoms with Crippen LogP contribution >= 0.6 is 0 Å². The second-order valence-electron chi connectivity index (χ2n) is 5.71. The van der Waals surface area contributed by atoms with Gasteiger partial charge in [-0.15, -0.1) is 0 Å². The van der Waals surface area contributed by atoms with Crippen LogP contribution in [0.1, 0.15) is 10.4 Å². The Morgan fingerprint density at radius 1 is 1.13 bits per heavy atom. The highest BCUT2D eigenvalue weighted by Gasteiger charge is 2.14. The molecule has 0 atom stereocenters. The number of hydrogen-bond donors (Lipinski definition) is 2. The minimum Gasteiger partial charge on any atom is -0.351 e. The summed E-state index contributed by atoms with van der Waals surface area (Å²) in [4.78, 5) is 22.3. The van der Waals surface area contributed by atoms with Crippen molar-refractivity contribution in [3.8, 4) is 11.4 Å². The largest absolute Gasteiger partial charge is 0.351 e. The summed E-state index contributed by atoms with van der Waals surface area (Å²) >= 11 is 0. The lowest BCUT2D eigenvalue weighted by Gasteiger charge is -2.10. The second-order valence-corrected chi connectivity index (χ2v) is 5.71. The van der Waals surface area contributed by atoms with Crippen LogP contribution in [0.3, 0.4) is 0 Å². The van der Waals surface area contributed by atoms with Crippen LogP contribution in [-0.2, 0) is 0 Å². The van der Waals surface area contributed by atoms with Gasteiger partial charge in [-0.2, -0.15) is 0 Å². The van der Waals surface area contributed by atoms with E-state index in [1.54, 1.807) is 0 Å². The molecule has 0 spiro atoms. The summed E-state index contributed by atoms with van der Waals surface area (Å²) in [6.45, 7) is 1.41. The van der Waals surface area contributed by atoms with E-state index in [0.29, 0.717) is 17.6 Å². The third-order valence-corrected chi connectivity index (χ3v) is 3.65. The fourth-order valence-corrected chi connectivity index (χ4v) is 2.44. The maximum atomic E-state index is 12.4. The van der Waals surface area contributed by atoms with Gasteiger partial charge in [-0.05, 0) is 26.2 Å². The molecule has 118 valence electrons. The zero-order valence-corrected chi connectivity index (χ0v) is 13.3. The minimum absolute atomic E-state index is 0.0939. The lowest BCUT2D eigenvalue weighted by Crippen LogP contribution is -2.31. The van der Waals surface area contributed by atoms with E-state index in [-0.39, 0.29) is 5.91 Å². The molecule has 0 aliphatic heterocycles. The monoisotopic (exact) mass is 308 g/mol. The van der Waals surface area contributed by atoms with E-state index < -0.39 is 0 Å². The number of aromatic nitrogens is 2. The molecular weight excluding hydrogens is 288 g/mol. The number of para-hydroxylation sites is 1. The molecule has 2 N–H and O–H groups in total. The molecule has 0 saturated heterocycles. The summed E-state index contributed by atoms with van der Waals surface area (Å²) in [5.74, 6) is 0.678. The zero-order chi connectivity index (χ0) is 16.2. The van der Waals surface area contributed by atoms with Gasteiger partial charge in [-0.1, -0.05) is 36.4 Å². The van der Waals surface area contributed by atoms with E-state index in [1.165, 1.54) is 0 Å². The van der Waals surface area contributed by atoms with Crippen LogP contribution in [0.2, 0.25) is 0 Å². The first kappa shape index (κ1) is 15.2. The molecule has 3 aromatic rings. The first-order valence-electron chi connectivity index (χ1n) is 7.62. The Labute approximate surface area is 135 Å². The number of likely N-dealkylation sites (N-methyl/N-ethyl adjacent to an activating group) is 1. The second kappa shape index (κ2) is 6.62. The van der Waals surface area contributed by atoms with Crippen molar-refractivity contribution in [2.24, 2.45) is 0 Å². The Morgan fingerprint density at radius 3 is 2.65 bits per heavy atom. The van der Waals surface area contributed by atoms with Gasteiger partial charge in [0, 0.05) is 18.7 Å². The van der Waals surface area contributed by atoms with Gasteiger partial charge in [-0.3, -0.25) is 4.79 Å². The van der Waals surface area contributed by atoms with Crippen molar-refractivity contribution >= 4 is 16.9 Å². The Kier molecular flexibility index (Phi) is 4.39. The standard InChI is InChI=1S/C18H20N4O/c1-22(2)12-11-19-18(23)14-9-6-10-15-16(14)21-17(20-15)13-7-4-3-5-8-13/h3-10H,11-12H2,1-2H3,(H,19,23)(H,20,21). The number of carbonyl (C=O) groups is 1. The van der Waals surface area contributed by atoms with Crippen LogP contribution in [0, 0.1) is 0 Å². The number of hydrogen-bond acceptors (Lipinski definition) is 3. The smallest absolute Gasteiger partial charge is 0.253 e. The average molecular weight is 308 g/mol. The molecule has 0 bridgehead atoms. The van der Waals surface area contributed by atoms with Gasteiger partial charge in [0.25, 0.3) is 5.91 Å². The normalized spacial score (nSPS) is 11.1. The van der Waals surface area contributed by atoms with E-state index in [0.717, 1.165) is 23.4 Å². The van der Waals surface area contributed by atoms with Crippen LogP contribution in [-0.4, -0.2) is 48.0 Å². The van der Waals surface area contributed by atoms with Crippen molar-refractivity contribution in [1.82, 2.24) is 20.2 Å². The van der Waals surface area contributed by atoms with Crippen LogP contribution < -0.4 is 5.32 Å². The SMILES string of the molecule is CN(C)CCNC(=O)c1cccc2[nH]c(-c3ccccc3)nc12. The van der Waals surface area contributed by atoms with Gasteiger partial charge < -0.3 is 15.2 Å². The minimum atomic E-state index is -0.0939. The molecule has 5 heteroatoms. The predicted molar refractivity (Wildman–Crippen MR) is 92.4 cm³/mol. The van der Waals surface area contributed by atoms with Crippen molar-refractivity contribution < 1.29 is 4.79 Å². The number of nitrogens with zero attached hydrogens (tertiary/aromatic N) is 2. The van der Waals surface area contributed by atoms with E-state index >= 15 is 0 Å². The number of aromatic amines is 1. The fourth-order valence-electron chi connectivity index (χ4n) is 2.44. The van der Waals surface area contributed by atoms with E-state index in [1.807, 2.05) is 67.5 Å². The summed E-state index contributed by atoms with van der Waals surface area (Å²) in [5.41, 5.74) is 3.17. The third kappa shape index (κ3) is 3.40. The summed E-state index contributed by atoms with van der Waals surface area (Å²) in [6.07, 6.45) is 0. The molecule has 3 rings (SSSR count). The summed E-state index contributed by atoms with van der Waals surface area (Å²) < 4.78 is 0. The first-order valence-corrected chi connectivity index (χ1v) is 7.62. The van der Waals surface area contributed by atoms with Crippen LogP contribution in [0.25, 0.3) is 22.4 Å². The molecule has 2 aromatic carbocycles. The molecule has 0 aliphatic rings. The molecule has 5 nitrogen and oxygen atoms in total. The molecule has 0 radical (unpaired) electrons. The predicted octanol–water partition coefficient (Wildman–Crippen LogP) is 2.52. The number of carbonyl (C=O) groups excluding carboxylic acids is 1. The van der Waals surface area contributed by atoms with Gasteiger partial charge in [0.05, 0.1) is 11.1 Å². The summed E-state index contributed by atoms with van der Waals surface area (Å²) in [6, 6.07) is 15.5. The van der Waals surface area contributed by atoms with Gasteiger partial charge >= 0.3 is 0 Å². The summed E-state index contributed by atoms with van der Waals surface area (Å²) in [7, 11) is 3.96. The number of rotatable bonds is 5. The molecule has 1 aromatic heterocycles. The van der Waals surface area contributed by atoms with Crippen LogP contribution in [0.5, 0.6) is 0 Å². The van der Waals surface area contributed by atoms with Crippen LogP contribution in [0.15, 0.2) is 48.5 Å². The number of fused-ring (bicyclic) bond motifs is 1. The molecular formula is C18H20N4O. The van der Waals surface area contributed by atoms with E-state index in [9.17, 15) is 4.79 Å². The van der Waals surface area contributed by atoms with Gasteiger partial charge in [0.1, 0.15) is 11.3 Å². The number of nitrogens with one attached hydrogen (secondary N) is 2. The number of imidazole rings is 1. The van der Waals surface area contributed by atoms with Crippen molar-refractivity contribution in [2.45, 2.75) is 0 Å². The molecule has 0 aliphatic carbocycles. The van der Waals surface area contributed by atoms with Crippen molar-refractivity contribution in [2.75, 3.05) is 27.2 Å². The van der Waals surface area contributed by atoms with E-state index in [4.69, 9.17) is 0 Å². The number of amides is 1. The maximum Gasteiger partial charge on any atom is 0.253 e. The van der Waals surface area contributed by atoms with Crippen LogP contribution in [0.4, 0.5) is 0 Å². The van der Waals surface area contributed by atoms with Gasteiger partial charge in [-0.25, -0.2) is 4.98 Å². The highest BCUT2D eigenvalue weighted by Crippen LogP contribution is 2.22. The third-order valence-electron chi connectivity index (χ3n) is 3.65. The van der Waals surface area contributed by atoms with E-state index in [2.05, 4.69) is 15.3 Å². The molecule has 0 fully saturated rings. The molecule has 1 amide bonds. The lowest BCUT2D eigenvalue weighted by atomic mass is 10.1. The zero-order valence-electron chi connectivity index (χ0n) is 13.3. The molecule has 23 heavy (non-hydrogen) atoms.